The van der Waals surface area contributed by atoms with E-state index < -0.39 is 17.3 Å². The number of nitrogens with one attached hydrogen (secondary N) is 1. The largest absolute Gasteiger partial charge is 0.372 e. The minimum absolute atomic E-state index is 0.244. The summed E-state index contributed by atoms with van der Waals surface area (Å²) in [5, 5.41) is 14.5. The first-order valence-corrected chi connectivity index (χ1v) is 6.90. The minimum atomic E-state index is -1.89. The fourth-order valence-electron chi connectivity index (χ4n) is 3.16. The smallest absolute Gasteiger partial charge is 0.265 e. The summed E-state index contributed by atoms with van der Waals surface area (Å²) < 4.78 is 15.5. The highest BCUT2D eigenvalue weighted by Crippen LogP contribution is 2.43. The summed E-state index contributed by atoms with van der Waals surface area (Å²) in [4.78, 5) is 12.4. The van der Waals surface area contributed by atoms with Crippen molar-refractivity contribution in [1.29, 1.82) is 0 Å². The van der Waals surface area contributed by atoms with Crippen molar-refractivity contribution < 1.29 is 14.3 Å². The molecule has 1 amide bonds. The Bertz CT molecular complexity index is 932. The number of aliphatic hydroxyl groups is 1. The zero-order valence-corrected chi connectivity index (χ0v) is 11.8. The van der Waals surface area contributed by atoms with Crippen LogP contribution in [0.2, 0.25) is 0 Å². The number of anilines is 1. The van der Waals surface area contributed by atoms with Gasteiger partial charge in [-0.25, -0.2) is 4.39 Å². The molecule has 0 radical (unpaired) electrons. The van der Waals surface area contributed by atoms with Crippen LogP contribution in [0, 0.1) is 5.82 Å². The van der Waals surface area contributed by atoms with Crippen LogP contribution in [0.1, 0.15) is 11.1 Å². The van der Waals surface area contributed by atoms with Gasteiger partial charge in [-0.2, -0.15) is 0 Å². The maximum atomic E-state index is 13.6. The maximum Gasteiger partial charge on any atom is 0.265 e. The number of fused-ring (bicyclic) bond motifs is 2. The lowest BCUT2D eigenvalue weighted by atomic mass is 9.87. The lowest BCUT2D eigenvalue weighted by Gasteiger charge is -2.20. The Labute approximate surface area is 125 Å². The number of carbonyl (C=O) groups excluding carboxylic acids is 1. The van der Waals surface area contributed by atoms with Crippen molar-refractivity contribution >= 4 is 22.5 Å². The van der Waals surface area contributed by atoms with E-state index in [9.17, 15) is 14.3 Å². The number of nitrogens with zero attached hydrogens (tertiary/aromatic N) is 1. The topological polar surface area (TPSA) is 54.3 Å². The SMILES string of the molecule is Cn1cc([C@]2(O)C(=O)Nc3ccc(F)cc32)c2ccccc21. The molecule has 22 heavy (non-hydrogen) atoms. The number of carbonyl (C=O) groups is 1. The molecule has 4 nitrogen and oxygen atoms in total. The molecule has 2 heterocycles. The molecule has 1 aliphatic rings. The number of amides is 1. The van der Waals surface area contributed by atoms with Gasteiger partial charge in [0, 0.05) is 41.0 Å². The molecule has 0 aliphatic carbocycles. The number of hydrogen-bond donors (Lipinski definition) is 2. The van der Waals surface area contributed by atoms with Crippen LogP contribution in [0.4, 0.5) is 10.1 Å². The second-order valence-corrected chi connectivity index (χ2v) is 5.53. The average molecular weight is 296 g/mol. The summed E-state index contributed by atoms with van der Waals surface area (Å²) in [6, 6.07) is 11.4. The Kier molecular flexibility index (Phi) is 2.47. The second-order valence-electron chi connectivity index (χ2n) is 5.53. The van der Waals surface area contributed by atoms with E-state index in [0.29, 0.717) is 11.3 Å². The molecule has 1 aromatic heterocycles. The van der Waals surface area contributed by atoms with Crippen molar-refractivity contribution in [2.75, 3.05) is 5.32 Å². The van der Waals surface area contributed by atoms with Crippen LogP contribution in [0.15, 0.2) is 48.7 Å². The van der Waals surface area contributed by atoms with Gasteiger partial charge in [-0.3, -0.25) is 4.79 Å². The van der Waals surface area contributed by atoms with Crippen LogP contribution < -0.4 is 5.32 Å². The molecule has 0 saturated carbocycles. The monoisotopic (exact) mass is 296 g/mol. The zero-order chi connectivity index (χ0) is 15.5. The summed E-state index contributed by atoms with van der Waals surface area (Å²) in [6.07, 6.45) is 1.71. The van der Waals surface area contributed by atoms with Gasteiger partial charge in [0.15, 0.2) is 5.60 Å². The van der Waals surface area contributed by atoms with Crippen LogP contribution in [0.3, 0.4) is 0 Å². The molecule has 3 aromatic rings. The van der Waals surface area contributed by atoms with Gasteiger partial charge in [0.25, 0.3) is 5.91 Å². The number of aryl methyl sites for hydroxylation is 1. The van der Waals surface area contributed by atoms with E-state index in [4.69, 9.17) is 0 Å². The predicted octanol–water partition coefficient (Wildman–Crippen LogP) is 2.51. The van der Waals surface area contributed by atoms with Gasteiger partial charge < -0.3 is 15.0 Å². The van der Waals surface area contributed by atoms with Crippen LogP contribution in [-0.2, 0) is 17.4 Å². The van der Waals surface area contributed by atoms with Crippen molar-refractivity contribution in [3.05, 3.63) is 65.6 Å². The highest BCUT2D eigenvalue weighted by atomic mass is 19.1. The van der Waals surface area contributed by atoms with Crippen molar-refractivity contribution in [1.82, 2.24) is 4.57 Å². The normalized spacial score (nSPS) is 20.2. The van der Waals surface area contributed by atoms with Gasteiger partial charge >= 0.3 is 0 Å². The molecular formula is C17H13FN2O2. The molecule has 0 saturated heterocycles. The van der Waals surface area contributed by atoms with Crippen LogP contribution in [0.25, 0.3) is 10.9 Å². The first kappa shape index (κ1) is 13.0. The van der Waals surface area contributed by atoms with E-state index in [1.54, 1.807) is 6.20 Å². The maximum absolute atomic E-state index is 13.6. The first-order valence-electron chi connectivity index (χ1n) is 6.90. The van der Waals surface area contributed by atoms with Gasteiger partial charge in [-0.1, -0.05) is 18.2 Å². The molecule has 2 aromatic carbocycles. The van der Waals surface area contributed by atoms with Crippen molar-refractivity contribution in [3.8, 4) is 0 Å². The molecular weight excluding hydrogens is 283 g/mol. The fourth-order valence-corrected chi connectivity index (χ4v) is 3.16. The number of rotatable bonds is 1. The first-order chi connectivity index (χ1) is 10.5. The Morgan fingerprint density at radius 2 is 1.95 bits per heavy atom. The fraction of sp³-hybridized carbons (Fsp3) is 0.118. The number of hydrogen-bond acceptors (Lipinski definition) is 2. The number of benzene rings is 2. The van der Waals surface area contributed by atoms with E-state index in [-0.39, 0.29) is 5.56 Å². The minimum Gasteiger partial charge on any atom is -0.372 e. The molecule has 0 bridgehead atoms. The van der Waals surface area contributed by atoms with E-state index in [1.807, 2.05) is 35.9 Å². The Hall–Kier alpha value is -2.66. The number of aromatic nitrogens is 1. The molecule has 110 valence electrons. The molecule has 0 fully saturated rings. The standard InChI is InChI=1S/C17H13FN2O2/c1-20-9-13(11-4-2-3-5-15(11)20)17(22)12-8-10(18)6-7-14(12)19-16(17)21/h2-9,22H,1H3,(H,19,21)/t17-/m0/s1. The lowest BCUT2D eigenvalue weighted by molar-refractivity contribution is -0.129. The summed E-state index contributed by atoms with van der Waals surface area (Å²) in [5.41, 5.74) is 0.130. The van der Waals surface area contributed by atoms with Gasteiger partial charge in [-0.15, -0.1) is 0 Å². The average Bonchev–Trinajstić information content (AvgIpc) is 2.97. The van der Waals surface area contributed by atoms with Gasteiger partial charge in [-0.05, 0) is 24.3 Å². The van der Waals surface area contributed by atoms with Crippen LogP contribution >= 0.6 is 0 Å². The summed E-state index contributed by atoms with van der Waals surface area (Å²) >= 11 is 0. The van der Waals surface area contributed by atoms with E-state index >= 15 is 0 Å². The molecule has 4 rings (SSSR count). The van der Waals surface area contributed by atoms with Crippen LogP contribution in [0.5, 0.6) is 0 Å². The third-order valence-corrected chi connectivity index (χ3v) is 4.23. The van der Waals surface area contributed by atoms with Gasteiger partial charge in [0.2, 0.25) is 0 Å². The molecule has 2 N–H and O–H groups in total. The second kappa shape index (κ2) is 4.18. The van der Waals surface area contributed by atoms with Crippen molar-refractivity contribution in [2.45, 2.75) is 5.60 Å². The quantitative estimate of drug-likeness (QED) is 0.725. The van der Waals surface area contributed by atoms with Crippen molar-refractivity contribution in [3.63, 3.8) is 0 Å². The Morgan fingerprint density at radius 3 is 2.77 bits per heavy atom. The van der Waals surface area contributed by atoms with Crippen molar-refractivity contribution in [2.24, 2.45) is 7.05 Å². The highest BCUT2D eigenvalue weighted by molar-refractivity contribution is 6.09. The Balaban J connectivity index is 2.06. The molecule has 0 spiro atoms. The molecule has 1 atom stereocenters. The third kappa shape index (κ3) is 1.51. The van der Waals surface area contributed by atoms with Crippen LogP contribution in [-0.4, -0.2) is 15.6 Å². The van der Waals surface area contributed by atoms with Gasteiger partial charge in [0.1, 0.15) is 5.82 Å². The third-order valence-electron chi connectivity index (χ3n) is 4.23. The number of halogens is 1. The Morgan fingerprint density at radius 1 is 1.18 bits per heavy atom. The summed E-state index contributed by atoms with van der Waals surface area (Å²) in [5.74, 6) is -1.06. The molecule has 5 heteroatoms. The highest BCUT2D eigenvalue weighted by Gasteiger charge is 2.48. The van der Waals surface area contributed by atoms with E-state index in [0.717, 1.165) is 10.9 Å². The van der Waals surface area contributed by atoms with E-state index in [1.165, 1.54) is 18.2 Å². The summed E-state index contributed by atoms with van der Waals surface area (Å²) in [7, 11) is 1.84. The number of para-hydroxylation sites is 1. The predicted molar refractivity (Wildman–Crippen MR) is 80.9 cm³/mol. The zero-order valence-electron chi connectivity index (χ0n) is 11.8. The molecule has 0 unspecified atom stereocenters. The lowest BCUT2D eigenvalue weighted by Crippen LogP contribution is -2.35. The summed E-state index contributed by atoms with van der Waals surface area (Å²) in [6.45, 7) is 0. The molecule has 1 aliphatic heterocycles. The van der Waals surface area contributed by atoms with E-state index in [2.05, 4.69) is 5.32 Å². The van der Waals surface area contributed by atoms with Gasteiger partial charge in [0.05, 0.1) is 0 Å².